The van der Waals surface area contributed by atoms with E-state index in [1.54, 1.807) is 28.4 Å². The van der Waals surface area contributed by atoms with E-state index >= 15 is 0 Å². The molecule has 0 bridgehead atoms. The van der Waals surface area contributed by atoms with Gasteiger partial charge in [0.25, 0.3) is 0 Å². The fraction of sp³-hybridized carbons (Fsp3) is 0.409. The largest absolute Gasteiger partial charge is 0.496 e. The van der Waals surface area contributed by atoms with Gasteiger partial charge in [-0.25, -0.2) is 0 Å². The molecule has 150 valence electrons. The average molecular weight is 383 g/mol. The summed E-state index contributed by atoms with van der Waals surface area (Å²) in [4.78, 5) is 4.36. The Bertz CT molecular complexity index is 817. The van der Waals surface area contributed by atoms with Crippen LogP contribution in [0.3, 0.4) is 0 Å². The third-order valence-electron chi connectivity index (χ3n) is 5.29. The molecule has 0 atom stereocenters. The minimum absolute atomic E-state index is 0.222. The monoisotopic (exact) mass is 383 g/mol. The lowest BCUT2D eigenvalue weighted by molar-refractivity contribution is 0.347. The predicted octanol–water partition coefficient (Wildman–Crippen LogP) is 3.11. The van der Waals surface area contributed by atoms with Crippen molar-refractivity contribution in [2.24, 2.45) is 4.99 Å². The molecule has 1 aliphatic carbocycles. The lowest BCUT2D eigenvalue weighted by atomic mass is 9.96. The number of methoxy groups -OCH3 is 3. The van der Waals surface area contributed by atoms with Crippen molar-refractivity contribution < 1.29 is 14.2 Å². The van der Waals surface area contributed by atoms with Crippen LogP contribution in [0.25, 0.3) is 0 Å². The molecule has 0 heterocycles. The van der Waals surface area contributed by atoms with Gasteiger partial charge in [-0.1, -0.05) is 30.3 Å². The molecule has 2 aromatic carbocycles. The molecule has 3 rings (SSSR count). The summed E-state index contributed by atoms with van der Waals surface area (Å²) in [6.07, 6.45) is 2.40. The van der Waals surface area contributed by atoms with Gasteiger partial charge in [-0.15, -0.1) is 0 Å². The topological polar surface area (TPSA) is 64.1 Å². The number of hydrogen-bond acceptors (Lipinski definition) is 4. The van der Waals surface area contributed by atoms with Crippen LogP contribution >= 0.6 is 0 Å². The van der Waals surface area contributed by atoms with Crippen LogP contribution in [0.2, 0.25) is 0 Å². The minimum atomic E-state index is 0.222. The molecule has 0 spiro atoms. The fourth-order valence-electron chi connectivity index (χ4n) is 3.39. The first-order chi connectivity index (χ1) is 13.7. The second-order valence-electron chi connectivity index (χ2n) is 6.94. The standard InChI is InChI=1S/C22H29N3O3/c1-23-21(25-15-22(10-11-22)17-8-6-5-7-9-17)24-14-16-12-19(27-3)20(28-4)13-18(16)26-2/h5-9,12-13H,10-11,14-15H2,1-4H3,(H2,23,24,25). The van der Waals surface area contributed by atoms with Crippen LogP contribution in [0.4, 0.5) is 0 Å². The summed E-state index contributed by atoms with van der Waals surface area (Å²) in [5.41, 5.74) is 2.58. The number of ether oxygens (including phenoxy) is 3. The Morgan fingerprint density at radius 2 is 1.57 bits per heavy atom. The Balaban J connectivity index is 1.63. The number of guanidine groups is 1. The van der Waals surface area contributed by atoms with Gasteiger partial charge in [-0.3, -0.25) is 4.99 Å². The van der Waals surface area contributed by atoms with Crippen molar-refractivity contribution in [3.8, 4) is 17.2 Å². The van der Waals surface area contributed by atoms with Crippen molar-refractivity contribution >= 4 is 5.96 Å². The Hall–Kier alpha value is -2.89. The third-order valence-corrected chi connectivity index (χ3v) is 5.29. The number of benzene rings is 2. The van der Waals surface area contributed by atoms with E-state index < -0.39 is 0 Å². The quantitative estimate of drug-likeness (QED) is 0.542. The minimum Gasteiger partial charge on any atom is -0.496 e. The maximum Gasteiger partial charge on any atom is 0.191 e. The van der Waals surface area contributed by atoms with Crippen LogP contribution in [0.15, 0.2) is 47.5 Å². The number of nitrogens with zero attached hydrogens (tertiary/aromatic N) is 1. The van der Waals surface area contributed by atoms with Crippen molar-refractivity contribution in [2.45, 2.75) is 24.8 Å². The molecule has 28 heavy (non-hydrogen) atoms. The molecule has 2 N–H and O–H groups in total. The smallest absolute Gasteiger partial charge is 0.191 e. The maximum absolute atomic E-state index is 5.50. The summed E-state index contributed by atoms with van der Waals surface area (Å²) in [6, 6.07) is 14.4. The lowest BCUT2D eigenvalue weighted by Crippen LogP contribution is -2.40. The molecule has 6 nitrogen and oxygen atoms in total. The number of rotatable bonds is 8. The van der Waals surface area contributed by atoms with Gasteiger partial charge in [0.15, 0.2) is 17.5 Å². The van der Waals surface area contributed by atoms with E-state index in [0.29, 0.717) is 18.0 Å². The summed E-state index contributed by atoms with van der Waals surface area (Å²) >= 11 is 0. The van der Waals surface area contributed by atoms with Crippen molar-refractivity contribution in [2.75, 3.05) is 34.9 Å². The van der Waals surface area contributed by atoms with Crippen molar-refractivity contribution in [3.05, 3.63) is 53.6 Å². The molecule has 0 aliphatic heterocycles. The Morgan fingerprint density at radius 1 is 0.929 bits per heavy atom. The van der Waals surface area contributed by atoms with Gasteiger partial charge >= 0.3 is 0 Å². The summed E-state index contributed by atoms with van der Waals surface area (Å²) < 4.78 is 16.2. The van der Waals surface area contributed by atoms with Crippen molar-refractivity contribution in [3.63, 3.8) is 0 Å². The Morgan fingerprint density at radius 3 is 2.14 bits per heavy atom. The van der Waals surface area contributed by atoms with E-state index in [0.717, 1.165) is 23.8 Å². The summed E-state index contributed by atoms with van der Waals surface area (Å²) in [5.74, 6) is 2.82. The predicted molar refractivity (Wildman–Crippen MR) is 112 cm³/mol. The average Bonchev–Trinajstić information content (AvgIpc) is 3.55. The van der Waals surface area contributed by atoms with Gasteiger partial charge < -0.3 is 24.8 Å². The van der Waals surface area contributed by atoms with Gasteiger partial charge in [0, 0.05) is 37.2 Å². The van der Waals surface area contributed by atoms with E-state index in [1.807, 2.05) is 12.1 Å². The van der Waals surface area contributed by atoms with Crippen LogP contribution in [-0.2, 0) is 12.0 Å². The number of nitrogens with one attached hydrogen (secondary N) is 2. The van der Waals surface area contributed by atoms with Crippen molar-refractivity contribution in [1.82, 2.24) is 10.6 Å². The highest BCUT2D eigenvalue weighted by Crippen LogP contribution is 2.47. The highest BCUT2D eigenvalue weighted by Gasteiger charge is 2.43. The molecule has 0 amide bonds. The maximum atomic E-state index is 5.50. The molecule has 6 heteroatoms. The third kappa shape index (κ3) is 4.32. The Kier molecular flexibility index (Phi) is 6.29. The number of aliphatic imine (C=N–C) groups is 1. The first kappa shape index (κ1) is 19.9. The van der Waals surface area contributed by atoms with Crippen LogP contribution in [-0.4, -0.2) is 40.9 Å². The van der Waals surface area contributed by atoms with E-state index in [-0.39, 0.29) is 5.41 Å². The van der Waals surface area contributed by atoms with Gasteiger partial charge in [0.05, 0.1) is 21.3 Å². The first-order valence-corrected chi connectivity index (χ1v) is 9.44. The van der Waals surface area contributed by atoms with E-state index in [4.69, 9.17) is 14.2 Å². The highest BCUT2D eigenvalue weighted by atomic mass is 16.5. The second-order valence-corrected chi connectivity index (χ2v) is 6.94. The van der Waals surface area contributed by atoms with Crippen LogP contribution < -0.4 is 24.8 Å². The van der Waals surface area contributed by atoms with E-state index in [2.05, 4.69) is 46.0 Å². The zero-order valence-electron chi connectivity index (χ0n) is 17.0. The molecule has 2 aromatic rings. The van der Waals surface area contributed by atoms with E-state index in [1.165, 1.54) is 18.4 Å². The zero-order chi connectivity index (χ0) is 20.0. The van der Waals surface area contributed by atoms with Crippen LogP contribution in [0, 0.1) is 0 Å². The first-order valence-electron chi connectivity index (χ1n) is 9.44. The van der Waals surface area contributed by atoms with E-state index in [9.17, 15) is 0 Å². The van der Waals surface area contributed by atoms with Gasteiger partial charge in [-0.2, -0.15) is 0 Å². The molecular weight excluding hydrogens is 354 g/mol. The molecule has 0 aromatic heterocycles. The van der Waals surface area contributed by atoms with Gasteiger partial charge in [0.1, 0.15) is 5.75 Å². The van der Waals surface area contributed by atoms with Crippen LogP contribution in [0.5, 0.6) is 17.2 Å². The zero-order valence-corrected chi connectivity index (χ0v) is 17.0. The fourth-order valence-corrected chi connectivity index (χ4v) is 3.39. The van der Waals surface area contributed by atoms with Crippen molar-refractivity contribution in [1.29, 1.82) is 0 Å². The van der Waals surface area contributed by atoms with Gasteiger partial charge in [-0.05, 0) is 24.5 Å². The normalized spacial score (nSPS) is 14.9. The molecule has 1 aliphatic rings. The molecule has 1 saturated carbocycles. The molecular formula is C22H29N3O3. The second kappa shape index (κ2) is 8.87. The lowest BCUT2D eigenvalue weighted by Gasteiger charge is -2.20. The SMILES string of the molecule is CN=C(NCc1cc(OC)c(OC)cc1OC)NCC1(c2ccccc2)CC1. The van der Waals surface area contributed by atoms with Crippen LogP contribution in [0.1, 0.15) is 24.0 Å². The molecule has 0 saturated heterocycles. The molecule has 0 radical (unpaired) electrons. The van der Waals surface area contributed by atoms with Gasteiger partial charge in [0.2, 0.25) is 0 Å². The summed E-state index contributed by atoms with van der Waals surface area (Å²) in [6.45, 7) is 1.42. The molecule has 0 unspecified atom stereocenters. The highest BCUT2D eigenvalue weighted by molar-refractivity contribution is 5.80. The molecule has 1 fully saturated rings. The number of hydrogen-bond donors (Lipinski definition) is 2. The summed E-state index contributed by atoms with van der Waals surface area (Å²) in [5, 5.41) is 6.84. The summed E-state index contributed by atoms with van der Waals surface area (Å²) in [7, 11) is 6.67. The Labute approximate surface area is 166 Å².